The Morgan fingerprint density at radius 2 is 1.82 bits per heavy atom. The number of carbonyl (C=O) groups is 2. The number of nitrogens with zero attached hydrogens (tertiary/aromatic N) is 3. The van der Waals surface area contributed by atoms with Gasteiger partial charge in [-0.3, -0.25) is 19.5 Å². The van der Waals surface area contributed by atoms with Gasteiger partial charge in [0.2, 0.25) is 11.9 Å². The molecular weight excluding hydrogens is 513 g/mol. The van der Waals surface area contributed by atoms with Gasteiger partial charge < -0.3 is 14.1 Å². The van der Waals surface area contributed by atoms with E-state index < -0.39 is 23.6 Å². The number of hydrogen-bond acceptors (Lipinski definition) is 5. The van der Waals surface area contributed by atoms with Gasteiger partial charge in [-0.2, -0.15) is 13.2 Å². The highest BCUT2D eigenvalue weighted by Crippen LogP contribution is 2.31. The van der Waals surface area contributed by atoms with Crippen LogP contribution in [-0.2, 0) is 15.7 Å². The van der Waals surface area contributed by atoms with E-state index in [1.54, 1.807) is 12.3 Å². The van der Waals surface area contributed by atoms with Crippen LogP contribution in [0.3, 0.4) is 0 Å². The molecule has 0 aliphatic carbocycles. The van der Waals surface area contributed by atoms with Crippen LogP contribution in [-0.4, -0.2) is 52.1 Å². The fraction of sp³-hybridized carbons (Fsp3) is 0.250. The molecule has 2 amide bonds. The van der Waals surface area contributed by atoms with Crippen molar-refractivity contribution in [3.63, 3.8) is 0 Å². The topological polar surface area (TPSA) is 89.6 Å². The average Bonchev–Trinajstić information content (AvgIpc) is 3.71. The fourth-order valence-electron chi connectivity index (χ4n) is 4.37. The molecular formula is C28H25F3N4O4. The molecule has 4 aromatic rings. The summed E-state index contributed by atoms with van der Waals surface area (Å²) < 4.78 is 51.7. The molecule has 3 heterocycles. The zero-order chi connectivity index (χ0) is 27.4. The Morgan fingerprint density at radius 1 is 1.05 bits per heavy atom. The van der Waals surface area contributed by atoms with E-state index in [0.29, 0.717) is 18.0 Å². The van der Waals surface area contributed by atoms with Crippen LogP contribution in [0.2, 0.25) is 0 Å². The maximum absolute atomic E-state index is 13.2. The van der Waals surface area contributed by atoms with Gasteiger partial charge in [0.15, 0.2) is 5.76 Å². The number of aromatic nitrogens is 2. The molecule has 1 atom stereocenters. The van der Waals surface area contributed by atoms with E-state index in [-0.39, 0.29) is 30.9 Å². The molecule has 2 aromatic heterocycles. The average molecular weight is 539 g/mol. The van der Waals surface area contributed by atoms with Gasteiger partial charge in [0.1, 0.15) is 6.54 Å². The first-order chi connectivity index (χ1) is 18.8. The van der Waals surface area contributed by atoms with Crippen molar-refractivity contribution in [2.75, 3.05) is 25.0 Å². The molecule has 1 N–H and O–H groups in total. The Balaban J connectivity index is 1.41. The summed E-state index contributed by atoms with van der Waals surface area (Å²) in [5.74, 6) is -0.799. The van der Waals surface area contributed by atoms with Crippen LogP contribution in [0, 0.1) is 0 Å². The smallest absolute Gasteiger partial charge is 0.416 e. The summed E-state index contributed by atoms with van der Waals surface area (Å²) in [6, 6.07) is 16.8. The van der Waals surface area contributed by atoms with Gasteiger partial charge in [-0.1, -0.05) is 30.3 Å². The van der Waals surface area contributed by atoms with Gasteiger partial charge in [0, 0.05) is 30.6 Å². The van der Waals surface area contributed by atoms with Gasteiger partial charge in [0.05, 0.1) is 23.6 Å². The third kappa shape index (κ3) is 6.20. The molecule has 0 spiro atoms. The number of rotatable bonds is 8. The summed E-state index contributed by atoms with van der Waals surface area (Å²) in [5.41, 5.74) is 0.845. The third-order valence-electron chi connectivity index (χ3n) is 6.30. The lowest BCUT2D eigenvalue weighted by Gasteiger charge is -2.24. The van der Waals surface area contributed by atoms with Crippen molar-refractivity contribution in [3.05, 3.63) is 90.5 Å². The fourth-order valence-corrected chi connectivity index (χ4v) is 4.37. The van der Waals surface area contributed by atoms with Crippen LogP contribution >= 0.6 is 0 Å². The Bertz CT molecular complexity index is 1410. The second-order valence-electron chi connectivity index (χ2n) is 9.08. The highest BCUT2D eigenvalue weighted by molar-refractivity contribution is 5.97. The molecule has 1 saturated heterocycles. The number of halogens is 3. The molecule has 39 heavy (non-hydrogen) atoms. The molecule has 1 aliphatic rings. The van der Waals surface area contributed by atoms with Gasteiger partial charge in [-0.25, -0.2) is 4.98 Å². The normalized spacial score (nSPS) is 15.3. The van der Waals surface area contributed by atoms with Gasteiger partial charge in [-0.15, -0.1) is 0 Å². The highest BCUT2D eigenvalue weighted by Gasteiger charge is 2.30. The van der Waals surface area contributed by atoms with Crippen LogP contribution in [0.15, 0.2) is 83.6 Å². The van der Waals surface area contributed by atoms with E-state index in [1.165, 1.54) is 33.9 Å². The number of ether oxygens (including phenoxy) is 1. The van der Waals surface area contributed by atoms with Gasteiger partial charge in [-0.05, 0) is 49.2 Å². The van der Waals surface area contributed by atoms with Crippen molar-refractivity contribution in [2.45, 2.75) is 25.1 Å². The monoisotopic (exact) mass is 538 g/mol. The molecule has 0 unspecified atom stereocenters. The summed E-state index contributed by atoms with van der Waals surface area (Å²) in [4.78, 5) is 32.2. The Hall–Kier alpha value is -4.38. The number of anilines is 1. The number of benzene rings is 2. The number of amides is 2. The van der Waals surface area contributed by atoms with Gasteiger partial charge in [0.25, 0.3) is 5.91 Å². The SMILES string of the molecule is O=C(CN(C[C@H]1CCCO1)C(=O)c1ccco1)Nc1nc(-c2ccccc2)cn1-c1ccc(C(F)(F)F)cc1. The number of alkyl halides is 3. The number of nitrogens with one attached hydrogen (secondary N) is 1. The quantitative estimate of drug-likeness (QED) is 0.324. The minimum Gasteiger partial charge on any atom is -0.459 e. The minimum absolute atomic E-state index is 0.0958. The van der Waals surface area contributed by atoms with Crippen LogP contribution in [0.5, 0.6) is 0 Å². The Kier molecular flexibility index (Phi) is 7.51. The van der Waals surface area contributed by atoms with E-state index in [0.717, 1.165) is 30.5 Å². The first kappa shape index (κ1) is 26.2. The van der Waals surface area contributed by atoms with E-state index in [2.05, 4.69) is 10.3 Å². The van der Waals surface area contributed by atoms with Crippen molar-refractivity contribution in [1.82, 2.24) is 14.5 Å². The number of furan rings is 1. The maximum atomic E-state index is 13.2. The van der Waals surface area contributed by atoms with Gasteiger partial charge >= 0.3 is 6.18 Å². The number of carbonyl (C=O) groups excluding carboxylic acids is 2. The minimum atomic E-state index is -4.48. The lowest BCUT2D eigenvalue weighted by atomic mass is 10.2. The zero-order valence-corrected chi connectivity index (χ0v) is 20.7. The first-order valence-corrected chi connectivity index (χ1v) is 12.3. The number of hydrogen-bond donors (Lipinski definition) is 1. The maximum Gasteiger partial charge on any atom is 0.416 e. The van der Waals surface area contributed by atoms with Crippen molar-refractivity contribution in [1.29, 1.82) is 0 Å². The summed E-state index contributed by atoms with van der Waals surface area (Å²) >= 11 is 0. The van der Waals surface area contributed by atoms with Crippen molar-refractivity contribution >= 4 is 17.8 Å². The van der Waals surface area contributed by atoms with Crippen LogP contribution in [0.4, 0.5) is 19.1 Å². The summed E-state index contributed by atoms with van der Waals surface area (Å²) in [5, 5.41) is 2.72. The molecule has 0 saturated carbocycles. The lowest BCUT2D eigenvalue weighted by molar-refractivity contribution is -0.137. The summed E-state index contributed by atoms with van der Waals surface area (Å²) in [6.45, 7) is 0.488. The zero-order valence-electron chi connectivity index (χ0n) is 20.7. The highest BCUT2D eigenvalue weighted by atomic mass is 19.4. The summed E-state index contributed by atoms with van der Waals surface area (Å²) in [6.07, 6.45) is -0.0352. The second kappa shape index (κ2) is 11.2. The van der Waals surface area contributed by atoms with Crippen molar-refractivity contribution < 1.29 is 31.9 Å². The van der Waals surface area contributed by atoms with Crippen LogP contribution in [0.1, 0.15) is 29.0 Å². The Morgan fingerprint density at radius 3 is 2.46 bits per heavy atom. The number of imidazole rings is 1. The molecule has 202 valence electrons. The molecule has 1 aliphatic heterocycles. The largest absolute Gasteiger partial charge is 0.459 e. The molecule has 5 rings (SSSR count). The van der Waals surface area contributed by atoms with Crippen molar-refractivity contribution in [3.8, 4) is 16.9 Å². The molecule has 11 heteroatoms. The first-order valence-electron chi connectivity index (χ1n) is 12.3. The second-order valence-corrected chi connectivity index (χ2v) is 9.08. The molecule has 0 bridgehead atoms. The standard InChI is InChI=1S/C28H25F3N4O4/c29-28(30,31)20-10-12-21(13-11-20)35-17-23(19-6-2-1-3-7-19)32-27(35)33-25(36)18-34(16-22-8-4-14-38-22)26(37)24-9-5-15-39-24/h1-3,5-7,9-13,15,17,22H,4,8,14,16,18H2,(H,32,33,36)/t22-/m1/s1. The Labute approximate surface area is 222 Å². The molecule has 8 nitrogen and oxygen atoms in total. The van der Waals surface area contributed by atoms with Crippen LogP contribution in [0.25, 0.3) is 16.9 Å². The lowest BCUT2D eigenvalue weighted by Crippen LogP contribution is -2.42. The van der Waals surface area contributed by atoms with E-state index in [9.17, 15) is 22.8 Å². The van der Waals surface area contributed by atoms with E-state index in [1.807, 2.05) is 30.3 Å². The van der Waals surface area contributed by atoms with Crippen LogP contribution < -0.4 is 5.32 Å². The predicted molar refractivity (Wildman–Crippen MR) is 136 cm³/mol. The predicted octanol–water partition coefficient (Wildman–Crippen LogP) is 5.41. The molecule has 1 fully saturated rings. The molecule has 2 aromatic carbocycles. The third-order valence-corrected chi connectivity index (χ3v) is 6.30. The van der Waals surface area contributed by atoms with E-state index >= 15 is 0 Å². The molecule has 0 radical (unpaired) electrons. The van der Waals surface area contributed by atoms with Crippen molar-refractivity contribution in [2.24, 2.45) is 0 Å². The van der Waals surface area contributed by atoms with E-state index in [4.69, 9.17) is 9.15 Å². The summed E-state index contributed by atoms with van der Waals surface area (Å²) in [7, 11) is 0.